The van der Waals surface area contributed by atoms with E-state index in [0.717, 1.165) is 12.2 Å². The Morgan fingerprint density at radius 3 is 2.08 bits per heavy atom. The van der Waals surface area contributed by atoms with Gasteiger partial charge in [0, 0.05) is 24.8 Å². The zero-order valence-electron chi connectivity index (χ0n) is 17.6. The minimum atomic E-state index is -0.565. The molecular weight excluding hydrogens is 328 g/mol. The van der Waals surface area contributed by atoms with Crippen molar-refractivity contribution in [3.63, 3.8) is 0 Å². The van der Waals surface area contributed by atoms with E-state index in [2.05, 4.69) is 58.4 Å². The fourth-order valence-corrected chi connectivity index (χ4v) is 3.65. The molecule has 0 N–H and O–H groups in total. The minimum Gasteiger partial charge on any atom is -0.350 e. The fourth-order valence-electron chi connectivity index (χ4n) is 3.65. The summed E-state index contributed by atoms with van der Waals surface area (Å²) in [6.45, 7) is 19.3. The summed E-state index contributed by atoms with van der Waals surface area (Å²) in [4.78, 5) is 15.4. The second-order valence-corrected chi connectivity index (χ2v) is 10.5. The van der Waals surface area contributed by atoms with Crippen molar-refractivity contribution in [2.24, 2.45) is 5.41 Å². The number of aromatic nitrogens is 1. The Labute approximate surface area is 157 Å². The SMILES string of the molecule is CC1(C)OCC2(CO1)CN(C(C)(C)C)C(=O)c1cc(C(C)(C)C)cn1C2. The molecular formula is C21H34N2O3. The predicted molar refractivity (Wildman–Crippen MR) is 102 cm³/mol. The average Bonchev–Trinajstić information content (AvgIpc) is 2.86. The highest BCUT2D eigenvalue weighted by atomic mass is 16.7. The molecule has 0 unspecified atom stereocenters. The second-order valence-electron chi connectivity index (χ2n) is 10.5. The summed E-state index contributed by atoms with van der Waals surface area (Å²) in [5.74, 6) is -0.473. The molecule has 1 spiro atoms. The van der Waals surface area contributed by atoms with Gasteiger partial charge in [-0.25, -0.2) is 0 Å². The molecule has 3 rings (SSSR count). The molecule has 1 saturated heterocycles. The Bertz CT molecular complexity index is 694. The van der Waals surface area contributed by atoms with Gasteiger partial charge in [-0.15, -0.1) is 0 Å². The monoisotopic (exact) mass is 362 g/mol. The first-order chi connectivity index (χ1) is 11.7. The van der Waals surface area contributed by atoms with Crippen molar-refractivity contribution < 1.29 is 14.3 Å². The summed E-state index contributed by atoms with van der Waals surface area (Å²) in [7, 11) is 0. The lowest BCUT2D eigenvalue weighted by Crippen LogP contribution is -2.56. The van der Waals surface area contributed by atoms with Gasteiger partial charge in [0.05, 0.1) is 18.6 Å². The molecule has 5 nitrogen and oxygen atoms in total. The van der Waals surface area contributed by atoms with Crippen molar-refractivity contribution in [3.05, 3.63) is 23.5 Å². The van der Waals surface area contributed by atoms with Gasteiger partial charge in [-0.2, -0.15) is 0 Å². The number of amides is 1. The Balaban J connectivity index is 2.06. The van der Waals surface area contributed by atoms with Crippen LogP contribution in [0.3, 0.4) is 0 Å². The van der Waals surface area contributed by atoms with Gasteiger partial charge in [-0.1, -0.05) is 20.8 Å². The van der Waals surface area contributed by atoms with Crippen molar-refractivity contribution in [2.75, 3.05) is 19.8 Å². The molecule has 0 radical (unpaired) electrons. The molecule has 0 aliphatic carbocycles. The number of carbonyl (C=O) groups is 1. The summed E-state index contributed by atoms with van der Waals surface area (Å²) in [6, 6.07) is 2.06. The first-order valence-electron chi connectivity index (χ1n) is 9.53. The van der Waals surface area contributed by atoms with Gasteiger partial charge >= 0.3 is 0 Å². The fraction of sp³-hybridized carbons (Fsp3) is 0.762. The van der Waals surface area contributed by atoms with Crippen LogP contribution in [0.2, 0.25) is 0 Å². The summed E-state index contributed by atoms with van der Waals surface area (Å²) in [6.07, 6.45) is 2.14. The number of hydrogen-bond acceptors (Lipinski definition) is 3. The second kappa shape index (κ2) is 5.83. The minimum absolute atomic E-state index is 0.000753. The third kappa shape index (κ3) is 3.56. The smallest absolute Gasteiger partial charge is 0.270 e. The highest BCUT2D eigenvalue weighted by molar-refractivity contribution is 5.94. The van der Waals surface area contributed by atoms with E-state index in [4.69, 9.17) is 9.47 Å². The van der Waals surface area contributed by atoms with E-state index in [1.54, 1.807) is 0 Å². The molecule has 146 valence electrons. The van der Waals surface area contributed by atoms with Crippen LogP contribution < -0.4 is 0 Å². The molecule has 0 saturated carbocycles. The molecule has 0 atom stereocenters. The van der Waals surface area contributed by atoms with Crippen LogP contribution in [0.25, 0.3) is 0 Å². The van der Waals surface area contributed by atoms with E-state index in [0.29, 0.717) is 19.8 Å². The number of hydrogen-bond donors (Lipinski definition) is 0. The Kier molecular flexibility index (Phi) is 4.36. The molecule has 1 fully saturated rings. The van der Waals surface area contributed by atoms with Gasteiger partial charge in [0.1, 0.15) is 5.69 Å². The number of carbonyl (C=O) groups excluding carboxylic acids is 1. The Hall–Kier alpha value is -1.33. The van der Waals surface area contributed by atoms with E-state index in [1.165, 1.54) is 5.56 Å². The highest BCUT2D eigenvalue weighted by Gasteiger charge is 2.47. The van der Waals surface area contributed by atoms with E-state index in [1.807, 2.05) is 18.7 Å². The molecule has 3 heterocycles. The maximum atomic E-state index is 13.4. The number of ether oxygens (including phenoxy) is 2. The van der Waals surface area contributed by atoms with Gasteiger partial charge in [-0.05, 0) is 51.7 Å². The van der Waals surface area contributed by atoms with E-state index in [9.17, 15) is 4.79 Å². The summed E-state index contributed by atoms with van der Waals surface area (Å²) >= 11 is 0. The molecule has 2 aliphatic rings. The molecule has 1 amide bonds. The summed E-state index contributed by atoms with van der Waals surface area (Å²) in [5.41, 5.74) is 1.45. The molecule has 0 bridgehead atoms. The lowest BCUT2D eigenvalue weighted by molar-refractivity contribution is -0.289. The predicted octanol–water partition coefficient (Wildman–Crippen LogP) is 3.81. The van der Waals surface area contributed by atoms with Crippen LogP contribution in [-0.2, 0) is 21.4 Å². The van der Waals surface area contributed by atoms with Crippen LogP contribution >= 0.6 is 0 Å². The summed E-state index contributed by atoms with van der Waals surface area (Å²) in [5, 5.41) is 0. The van der Waals surface area contributed by atoms with Gasteiger partial charge < -0.3 is 18.9 Å². The van der Waals surface area contributed by atoms with Crippen molar-refractivity contribution in [1.82, 2.24) is 9.47 Å². The van der Waals surface area contributed by atoms with E-state index >= 15 is 0 Å². The van der Waals surface area contributed by atoms with Gasteiger partial charge in [0.2, 0.25) is 0 Å². The zero-order valence-corrected chi connectivity index (χ0v) is 17.6. The lowest BCUT2D eigenvalue weighted by atomic mass is 9.86. The van der Waals surface area contributed by atoms with Crippen molar-refractivity contribution >= 4 is 5.91 Å². The van der Waals surface area contributed by atoms with E-state index < -0.39 is 5.79 Å². The van der Waals surface area contributed by atoms with Crippen molar-refractivity contribution in [3.8, 4) is 0 Å². The number of fused-ring (bicyclic) bond motifs is 1. The third-order valence-electron chi connectivity index (χ3n) is 5.49. The standard InChI is InChI=1S/C21H34N2O3/c1-18(2,3)15-9-16-17(24)23(19(4,5)6)12-21(11-22(16)10-15)13-25-20(7,8)26-14-21/h9-10H,11-14H2,1-8H3. The lowest BCUT2D eigenvalue weighted by Gasteiger charge is -2.46. The molecule has 0 aromatic carbocycles. The maximum Gasteiger partial charge on any atom is 0.270 e. The highest BCUT2D eigenvalue weighted by Crippen LogP contribution is 2.38. The van der Waals surface area contributed by atoms with Crippen molar-refractivity contribution in [2.45, 2.75) is 78.7 Å². The molecule has 1 aromatic rings. The Morgan fingerprint density at radius 1 is 1.00 bits per heavy atom. The quantitative estimate of drug-likeness (QED) is 0.705. The number of rotatable bonds is 0. The molecule has 26 heavy (non-hydrogen) atoms. The third-order valence-corrected chi connectivity index (χ3v) is 5.49. The van der Waals surface area contributed by atoms with Crippen LogP contribution in [-0.4, -0.2) is 46.5 Å². The van der Waals surface area contributed by atoms with Crippen LogP contribution in [0.5, 0.6) is 0 Å². The van der Waals surface area contributed by atoms with Crippen LogP contribution in [0.1, 0.15) is 71.4 Å². The molecule has 5 heteroatoms. The van der Waals surface area contributed by atoms with Gasteiger partial charge in [0.15, 0.2) is 5.79 Å². The average molecular weight is 363 g/mol. The topological polar surface area (TPSA) is 43.7 Å². The first-order valence-corrected chi connectivity index (χ1v) is 9.53. The first kappa shape index (κ1) is 19.4. The normalized spacial score (nSPS) is 23.1. The van der Waals surface area contributed by atoms with Gasteiger partial charge in [0.25, 0.3) is 5.91 Å². The van der Waals surface area contributed by atoms with Crippen LogP contribution in [0, 0.1) is 5.41 Å². The van der Waals surface area contributed by atoms with Crippen molar-refractivity contribution in [1.29, 1.82) is 0 Å². The van der Waals surface area contributed by atoms with Crippen LogP contribution in [0.4, 0.5) is 0 Å². The number of nitrogens with zero attached hydrogens (tertiary/aromatic N) is 2. The largest absolute Gasteiger partial charge is 0.350 e. The van der Waals surface area contributed by atoms with E-state index in [-0.39, 0.29) is 22.3 Å². The Morgan fingerprint density at radius 2 is 1.58 bits per heavy atom. The van der Waals surface area contributed by atoms with Crippen LogP contribution in [0.15, 0.2) is 12.3 Å². The summed E-state index contributed by atoms with van der Waals surface area (Å²) < 4.78 is 14.2. The molecule has 2 aliphatic heterocycles. The zero-order chi connectivity index (χ0) is 19.5. The maximum absolute atomic E-state index is 13.4. The molecule has 1 aromatic heterocycles. The van der Waals surface area contributed by atoms with Gasteiger partial charge in [-0.3, -0.25) is 4.79 Å².